The zero-order valence-corrected chi connectivity index (χ0v) is 12.9. The lowest BCUT2D eigenvalue weighted by atomic mass is 10.0. The maximum Gasteiger partial charge on any atom is 0.139 e. The van der Waals surface area contributed by atoms with Gasteiger partial charge in [-0.3, -0.25) is 0 Å². The Morgan fingerprint density at radius 2 is 2.30 bits per heavy atom. The van der Waals surface area contributed by atoms with Crippen LogP contribution in [0, 0.1) is 6.92 Å². The molecule has 0 bridgehead atoms. The summed E-state index contributed by atoms with van der Waals surface area (Å²) in [4.78, 5) is 6.97. The zero-order valence-electron chi connectivity index (χ0n) is 12.1. The fraction of sp³-hybridized carbons (Fsp3) is 0.500. The van der Waals surface area contributed by atoms with E-state index >= 15 is 0 Å². The summed E-state index contributed by atoms with van der Waals surface area (Å²) in [5, 5.41) is 1.23. The Hall–Kier alpha value is -1.00. The lowest BCUT2D eigenvalue weighted by molar-refractivity contribution is 0.309. The van der Waals surface area contributed by atoms with Crippen molar-refractivity contribution >= 4 is 22.7 Å². The second-order valence-electron chi connectivity index (χ2n) is 5.64. The number of thioether (sulfide) groups is 1. The largest absolute Gasteiger partial charge is 0.358 e. The van der Waals surface area contributed by atoms with Gasteiger partial charge in [-0.1, -0.05) is 17.8 Å². The quantitative estimate of drug-likeness (QED) is 0.854. The van der Waals surface area contributed by atoms with E-state index in [1.54, 1.807) is 0 Å². The van der Waals surface area contributed by atoms with Gasteiger partial charge in [0.2, 0.25) is 0 Å². The van der Waals surface area contributed by atoms with Crippen LogP contribution in [0.1, 0.15) is 24.1 Å². The van der Waals surface area contributed by atoms with E-state index in [1.165, 1.54) is 47.8 Å². The molecule has 1 atom stereocenters. The summed E-state index contributed by atoms with van der Waals surface area (Å²) in [5.41, 5.74) is 3.74. The van der Waals surface area contributed by atoms with Crippen LogP contribution in [0.2, 0.25) is 0 Å². The minimum absolute atomic E-state index is 0.369. The smallest absolute Gasteiger partial charge is 0.139 e. The van der Waals surface area contributed by atoms with Crippen LogP contribution in [0.3, 0.4) is 0 Å². The normalized spacial score (nSPS) is 20.1. The zero-order chi connectivity index (χ0) is 14.1. The second-order valence-corrected chi connectivity index (χ2v) is 6.59. The van der Waals surface area contributed by atoms with Gasteiger partial charge in [0.15, 0.2) is 0 Å². The fourth-order valence-corrected chi connectivity index (χ4v) is 3.99. The van der Waals surface area contributed by atoms with E-state index < -0.39 is 0 Å². The highest BCUT2D eigenvalue weighted by molar-refractivity contribution is 7.99. The van der Waals surface area contributed by atoms with Gasteiger partial charge in [0.1, 0.15) is 6.01 Å². The van der Waals surface area contributed by atoms with Gasteiger partial charge in [0.25, 0.3) is 0 Å². The van der Waals surface area contributed by atoms with Crippen molar-refractivity contribution in [2.24, 2.45) is 0 Å². The van der Waals surface area contributed by atoms with Crippen molar-refractivity contribution in [1.29, 1.82) is 0 Å². The molecule has 4 heteroatoms. The molecule has 20 heavy (non-hydrogen) atoms. The van der Waals surface area contributed by atoms with E-state index in [2.05, 4.69) is 29.9 Å². The van der Waals surface area contributed by atoms with Crippen LogP contribution in [-0.2, 0) is 6.42 Å². The predicted molar refractivity (Wildman–Crippen MR) is 84.2 cm³/mol. The molecule has 1 aliphatic heterocycles. The van der Waals surface area contributed by atoms with Crippen molar-refractivity contribution in [3.8, 4) is 0 Å². The fourth-order valence-electron chi connectivity index (χ4n) is 3.32. The number of halogens is 1. The molecule has 3 rings (SSSR count). The molecule has 1 aromatic carbocycles. The molecule has 0 unspecified atom stereocenters. The number of aryl methyl sites for hydroxylation is 1. The Kier molecular flexibility index (Phi) is 4.03. The average molecular weight is 292 g/mol. The van der Waals surface area contributed by atoms with E-state index in [9.17, 15) is 4.39 Å². The predicted octanol–water partition coefficient (Wildman–Crippen LogP) is 4.13. The van der Waals surface area contributed by atoms with Crippen LogP contribution in [0.4, 0.5) is 4.39 Å². The van der Waals surface area contributed by atoms with Gasteiger partial charge in [0.05, 0.1) is 0 Å². The minimum atomic E-state index is -0.369. The van der Waals surface area contributed by atoms with Gasteiger partial charge < -0.3 is 9.88 Å². The Bertz CT molecular complexity index is 608. The van der Waals surface area contributed by atoms with Crippen molar-refractivity contribution in [3.63, 3.8) is 0 Å². The topological polar surface area (TPSA) is 19.0 Å². The van der Waals surface area contributed by atoms with E-state index in [0.717, 1.165) is 16.8 Å². The summed E-state index contributed by atoms with van der Waals surface area (Å²) >= 11 is 1.29. The Morgan fingerprint density at radius 3 is 3.00 bits per heavy atom. The number of aromatic amines is 1. The molecule has 0 radical (unpaired) electrons. The molecule has 108 valence electrons. The third-order valence-electron chi connectivity index (χ3n) is 4.42. The van der Waals surface area contributed by atoms with E-state index in [0.29, 0.717) is 6.04 Å². The van der Waals surface area contributed by atoms with Gasteiger partial charge in [-0.05, 0) is 57.5 Å². The van der Waals surface area contributed by atoms with Gasteiger partial charge in [-0.25, -0.2) is 4.39 Å². The van der Waals surface area contributed by atoms with Gasteiger partial charge in [-0.15, -0.1) is 0 Å². The number of nitrogens with zero attached hydrogens (tertiary/aromatic N) is 1. The maximum absolute atomic E-state index is 12.8. The Morgan fingerprint density at radius 1 is 1.45 bits per heavy atom. The summed E-state index contributed by atoms with van der Waals surface area (Å²) in [5.74, 6) is 0. The van der Waals surface area contributed by atoms with Crippen LogP contribution in [0.15, 0.2) is 23.1 Å². The van der Waals surface area contributed by atoms with Crippen molar-refractivity contribution in [1.82, 2.24) is 9.88 Å². The lowest BCUT2D eigenvalue weighted by Gasteiger charge is -2.19. The first-order valence-corrected chi connectivity index (χ1v) is 8.18. The van der Waals surface area contributed by atoms with Crippen LogP contribution < -0.4 is 0 Å². The molecule has 2 heterocycles. The number of hydrogen-bond acceptors (Lipinski definition) is 2. The summed E-state index contributed by atoms with van der Waals surface area (Å²) in [7, 11) is 2.21. The Labute approximate surface area is 123 Å². The number of aromatic nitrogens is 1. The molecule has 0 aliphatic carbocycles. The number of benzene rings is 1. The highest BCUT2D eigenvalue weighted by Gasteiger charge is 2.24. The SMILES string of the molecule is Cc1[nH]c2cccc(SCF)c2c1C[C@H]1CCCN1C. The van der Waals surface area contributed by atoms with Crippen molar-refractivity contribution < 1.29 is 4.39 Å². The molecule has 0 spiro atoms. The van der Waals surface area contributed by atoms with Gasteiger partial charge in [0, 0.05) is 27.5 Å². The monoisotopic (exact) mass is 292 g/mol. The first-order valence-electron chi connectivity index (χ1n) is 7.20. The van der Waals surface area contributed by atoms with Crippen LogP contribution >= 0.6 is 11.8 Å². The van der Waals surface area contributed by atoms with E-state index in [1.807, 2.05) is 12.1 Å². The third kappa shape index (κ3) is 2.47. The van der Waals surface area contributed by atoms with Crippen LogP contribution in [0.5, 0.6) is 0 Å². The minimum Gasteiger partial charge on any atom is -0.358 e. The molecule has 0 saturated carbocycles. The summed E-state index contributed by atoms with van der Waals surface area (Å²) < 4.78 is 12.8. The van der Waals surface area contributed by atoms with E-state index in [4.69, 9.17) is 0 Å². The molecule has 1 N–H and O–H groups in total. The highest BCUT2D eigenvalue weighted by atomic mass is 32.2. The molecule has 1 aromatic heterocycles. The molecule has 1 aliphatic rings. The first-order chi connectivity index (χ1) is 9.70. The maximum atomic E-state index is 12.8. The van der Waals surface area contributed by atoms with Crippen molar-refractivity contribution in [2.75, 3.05) is 19.6 Å². The number of alkyl halides is 1. The molecular weight excluding hydrogens is 271 g/mol. The molecule has 2 nitrogen and oxygen atoms in total. The highest BCUT2D eigenvalue weighted by Crippen LogP contribution is 2.34. The Balaban J connectivity index is 2.02. The average Bonchev–Trinajstić information content (AvgIpc) is 2.96. The first kappa shape index (κ1) is 14.0. The molecular formula is C16H21FN2S. The summed E-state index contributed by atoms with van der Waals surface area (Å²) in [6.07, 6.45) is 3.61. The standard InChI is InChI=1S/C16H21FN2S/c1-11-13(9-12-5-4-8-19(12)2)16-14(18-11)6-3-7-15(16)20-10-17/h3,6-7,12,18H,4-5,8-10H2,1-2H3/t12-/m1/s1. The van der Waals surface area contributed by atoms with Gasteiger partial charge >= 0.3 is 0 Å². The number of nitrogens with one attached hydrogen (secondary N) is 1. The van der Waals surface area contributed by atoms with E-state index in [-0.39, 0.29) is 6.01 Å². The molecule has 1 fully saturated rings. The van der Waals surface area contributed by atoms with Gasteiger partial charge in [-0.2, -0.15) is 0 Å². The summed E-state index contributed by atoms with van der Waals surface area (Å²) in [6.45, 7) is 3.33. The molecule has 0 amide bonds. The number of hydrogen-bond donors (Lipinski definition) is 1. The number of fused-ring (bicyclic) bond motifs is 1. The third-order valence-corrected chi connectivity index (χ3v) is 5.18. The second kappa shape index (κ2) is 5.78. The number of rotatable bonds is 4. The molecule has 2 aromatic rings. The van der Waals surface area contributed by atoms with Crippen molar-refractivity contribution in [3.05, 3.63) is 29.5 Å². The summed E-state index contributed by atoms with van der Waals surface area (Å²) in [6, 6.07) is 6.37. The number of likely N-dealkylation sites (tertiary alicyclic amines) is 1. The van der Waals surface area contributed by atoms with Crippen LogP contribution in [0.25, 0.3) is 10.9 Å². The molecule has 1 saturated heterocycles. The number of likely N-dealkylation sites (N-methyl/N-ethyl adjacent to an activating group) is 1. The lowest BCUT2D eigenvalue weighted by Crippen LogP contribution is -2.27. The van der Waals surface area contributed by atoms with Crippen molar-refractivity contribution in [2.45, 2.75) is 37.1 Å². The van der Waals surface area contributed by atoms with Crippen LogP contribution in [-0.4, -0.2) is 35.5 Å². The number of H-pyrrole nitrogens is 1.